The van der Waals surface area contributed by atoms with E-state index in [9.17, 15) is 20.2 Å². The van der Waals surface area contributed by atoms with E-state index in [1.54, 1.807) is 12.1 Å². The summed E-state index contributed by atoms with van der Waals surface area (Å²) in [5.74, 6) is -0.245. The first kappa shape index (κ1) is 14.3. The van der Waals surface area contributed by atoms with Gasteiger partial charge < -0.3 is 14.9 Å². The van der Waals surface area contributed by atoms with Crippen LogP contribution in [0.3, 0.4) is 0 Å². The van der Waals surface area contributed by atoms with Crippen LogP contribution in [0.25, 0.3) is 0 Å². The van der Waals surface area contributed by atoms with Crippen molar-refractivity contribution in [1.82, 2.24) is 15.8 Å². The lowest BCUT2D eigenvalue weighted by molar-refractivity contribution is -0.708. The lowest BCUT2D eigenvalue weighted by atomic mass is 10.1. The van der Waals surface area contributed by atoms with Crippen molar-refractivity contribution in [2.75, 3.05) is 6.73 Å². The minimum atomic E-state index is -0.882. The number of nitrogens with one attached hydrogen (secondary N) is 1. The number of aryl methyl sites for hydroxylation is 1. The van der Waals surface area contributed by atoms with E-state index in [0.717, 1.165) is 11.1 Å². The Labute approximate surface area is 118 Å². The van der Waals surface area contributed by atoms with Crippen LogP contribution in [-0.2, 0) is 0 Å². The molecule has 21 heavy (non-hydrogen) atoms. The Bertz CT molecular complexity index is 618. The van der Waals surface area contributed by atoms with Crippen molar-refractivity contribution in [3.05, 3.63) is 49.6 Å². The van der Waals surface area contributed by atoms with E-state index in [4.69, 9.17) is 4.74 Å². The molecule has 0 atom stereocenters. The minimum absolute atomic E-state index is 0.281. The van der Waals surface area contributed by atoms with Crippen LogP contribution in [-0.4, -0.2) is 32.9 Å². The predicted octanol–water partition coefficient (Wildman–Crippen LogP) is 0.416. The van der Waals surface area contributed by atoms with E-state index >= 15 is 0 Å². The normalized spacial score (nSPS) is 13.7. The van der Waals surface area contributed by atoms with Crippen molar-refractivity contribution in [2.24, 2.45) is 5.10 Å². The highest BCUT2D eigenvalue weighted by Gasteiger charge is 2.44. The average Bonchev–Trinajstić information content (AvgIpc) is 2.84. The second-order valence-electron chi connectivity index (χ2n) is 4.17. The van der Waals surface area contributed by atoms with Crippen molar-refractivity contribution < 1.29 is 14.7 Å². The third-order valence-corrected chi connectivity index (χ3v) is 2.91. The zero-order valence-corrected chi connectivity index (χ0v) is 11.2. The van der Waals surface area contributed by atoms with Crippen molar-refractivity contribution >= 4 is 5.96 Å². The van der Waals surface area contributed by atoms with Gasteiger partial charge in [-0.15, -0.1) is 0 Å². The number of hydrazone groups is 1. The summed E-state index contributed by atoms with van der Waals surface area (Å²) >= 11 is 0. The molecule has 0 spiro atoms. The molecule has 0 aliphatic carbocycles. The number of nitrogens with zero attached hydrogens (tertiary/aromatic N) is 5. The van der Waals surface area contributed by atoms with E-state index in [1.165, 1.54) is 0 Å². The molecule has 0 saturated heterocycles. The van der Waals surface area contributed by atoms with E-state index in [0.29, 0.717) is 10.8 Å². The second-order valence-corrected chi connectivity index (χ2v) is 4.17. The molecule has 2 rings (SSSR count). The first-order valence-corrected chi connectivity index (χ1v) is 5.80. The maximum Gasteiger partial charge on any atom is 0.483 e. The molecule has 0 fully saturated rings. The molecule has 1 N–H and O–H groups in total. The zero-order chi connectivity index (χ0) is 15.6. The van der Waals surface area contributed by atoms with Crippen LogP contribution in [0, 0.1) is 34.1 Å². The minimum Gasteiger partial charge on any atom is -0.458 e. The van der Waals surface area contributed by atoms with Gasteiger partial charge in [-0.1, -0.05) is 17.7 Å². The standard InChI is InChI=1S/C10H12N6O5/c1-7-4-3-5-9(8(7)2)21-6-13-10(14(17)18)11-12-15(13)16(19)20/h3-5,12H,6H2,1-2H3. The topological polar surface area (TPSA) is 126 Å². The van der Waals surface area contributed by atoms with Crippen LogP contribution in [0.5, 0.6) is 5.75 Å². The van der Waals surface area contributed by atoms with Gasteiger partial charge in [-0.05, 0) is 41.0 Å². The lowest BCUT2D eigenvalue weighted by Crippen LogP contribution is -2.51. The molecule has 0 radical (unpaired) electrons. The van der Waals surface area contributed by atoms with E-state index in [-0.39, 0.29) is 5.23 Å². The van der Waals surface area contributed by atoms with Crippen LogP contribution >= 0.6 is 0 Å². The summed E-state index contributed by atoms with van der Waals surface area (Å²) in [6, 6.07) is 5.31. The largest absolute Gasteiger partial charge is 0.483 e. The van der Waals surface area contributed by atoms with E-state index in [2.05, 4.69) is 5.10 Å². The molecule has 11 heteroatoms. The molecular formula is C10H12N6O5. The number of hydrogen-bond donors (Lipinski definition) is 1. The van der Waals surface area contributed by atoms with Crippen molar-refractivity contribution in [1.29, 1.82) is 0 Å². The Morgan fingerprint density at radius 3 is 2.67 bits per heavy atom. The Kier molecular flexibility index (Phi) is 3.73. The van der Waals surface area contributed by atoms with Crippen LogP contribution < -0.4 is 10.3 Å². The molecule has 1 heterocycles. The monoisotopic (exact) mass is 296 g/mol. The molecule has 1 aromatic carbocycles. The van der Waals surface area contributed by atoms with Crippen molar-refractivity contribution in [2.45, 2.75) is 13.8 Å². The summed E-state index contributed by atoms with van der Waals surface area (Å²) in [7, 11) is 0. The molecule has 1 aliphatic heterocycles. The summed E-state index contributed by atoms with van der Waals surface area (Å²) in [5.41, 5.74) is 3.74. The molecule has 1 aromatic rings. The number of ether oxygens (including phenoxy) is 1. The van der Waals surface area contributed by atoms with Gasteiger partial charge in [0.05, 0.1) is 0 Å². The number of rotatable bonds is 4. The SMILES string of the molecule is Cc1cccc(OCN2C([N+](=O)[O-])=NNN2[N+](=O)[O-])c1C. The fourth-order valence-corrected chi connectivity index (χ4v) is 1.67. The molecule has 0 amide bonds. The van der Waals surface area contributed by atoms with Gasteiger partial charge in [0, 0.05) is 5.10 Å². The Hall–Kier alpha value is -3.11. The first-order chi connectivity index (χ1) is 9.91. The number of benzene rings is 1. The molecule has 0 unspecified atom stereocenters. The highest BCUT2D eigenvalue weighted by Crippen LogP contribution is 2.21. The van der Waals surface area contributed by atoms with Gasteiger partial charge >= 0.3 is 5.96 Å². The molecule has 0 aromatic heterocycles. The third kappa shape index (κ3) is 2.75. The summed E-state index contributed by atoms with van der Waals surface area (Å²) < 4.78 is 5.42. The fraction of sp³-hybridized carbons (Fsp3) is 0.300. The maximum absolute atomic E-state index is 10.8. The summed E-state index contributed by atoms with van der Waals surface area (Å²) in [4.78, 5) is 20.7. The zero-order valence-electron chi connectivity index (χ0n) is 11.2. The Morgan fingerprint density at radius 2 is 2.05 bits per heavy atom. The highest BCUT2D eigenvalue weighted by molar-refractivity contribution is 5.71. The van der Waals surface area contributed by atoms with E-state index in [1.807, 2.05) is 25.4 Å². The molecule has 1 aliphatic rings. The summed E-state index contributed by atoms with van der Waals surface area (Å²) in [6.45, 7) is 3.27. The third-order valence-electron chi connectivity index (χ3n) is 2.91. The summed E-state index contributed by atoms with van der Waals surface area (Å²) in [5, 5.41) is 24.9. The number of hydrazine groups is 3. The van der Waals surface area contributed by atoms with E-state index < -0.39 is 22.6 Å². The van der Waals surface area contributed by atoms with Gasteiger partial charge in [0.15, 0.2) is 5.23 Å². The van der Waals surface area contributed by atoms with Crippen LogP contribution in [0.1, 0.15) is 11.1 Å². The first-order valence-electron chi connectivity index (χ1n) is 5.80. The molecule has 0 bridgehead atoms. The maximum atomic E-state index is 10.8. The second kappa shape index (κ2) is 5.48. The smallest absolute Gasteiger partial charge is 0.458 e. The van der Waals surface area contributed by atoms with Crippen LogP contribution in [0.4, 0.5) is 0 Å². The van der Waals surface area contributed by atoms with Crippen molar-refractivity contribution in [3.63, 3.8) is 0 Å². The van der Waals surface area contributed by atoms with Gasteiger partial charge in [-0.3, -0.25) is 0 Å². The highest BCUT2D eigenvalue weighted by atomic mass is 16.7. The number of hydrogen-bond acceptors (Lipinski definition) is 8. The molecule has 0 saturated carbocycles. The van der Waals surface area contributed by atoms with Crippen LogP contribution in [0.2, 0.25) is 0 Å². The van der Waals surface area contributed by atoms with Gasteiger partial charge in [-0.25, -0.2) is 10.1 Å². The fourth-order valence-electron chi connectivity index (χ4n) is 1.67. The Balaban J connectivity index is 2.15. The van der Waals surface area contributed by atoms with Gasteiger partial charge in [-0.2, -0.15) is 0 Å². The number of nitro groups is 2. The van der Waals surface area contributed by atoms with Gasteiger partial charge in [0.2, 0.25) is 11.8 Å². The van der Waals surface area contributed by atoms with Gasteiger partial charge in [0.1, 0.15) is 5.75 Å². The summed E-state index contributed by atoms with van der Waals surface area (Å²) in [6.07, 6.45) is 0. The van der Waals surface area contributed by atoms with Crippen LogP contribution in [0.15, 0.2) is 23.3 Å². The van der Waals surface area contributed by atoms with Crippen molar-refractivity contribution in [3.8, 4) is 5.75 Å². The Morgan fingerprint density at radius 1 is 1.33 bits per heavy atom. The average molecular weight is 296 g/mol. The van der Waals surface area contributed by atoms with Gasteiger partial charge in [0.25, 0.3) is 0 Å². The molecule has 112 valence electrons. The molecular weight excluding hydrogens is 284 g/mol. The lowest BCUT2D eigenvalue weighted by Gasteiger charge is -2.16. The molecule has 11 nitrogen and oxygen atoms in total. The predicted molar refractivity (Wildman–Crippen MR) is 69.6 cm³/mol. The quantitative estimate of drug-likeness (QED) is 0.625. The number of guanidine groups is 1.